The normalized spacial score (nSPS) is 11.3. The van der Waals surface area contributed by atoms with E-state index in [1.54, 1.807) is 0 Å². The van der Waals surface area contributed by atoms with Crippen molar-refractivity contribution in [3.63, 3.8) is 0 Å². The molecule has 0 radical (unpaired) electrons. The monoisotopic (exact) mass is 575 g/mol. The van der Waals surface area contributed by atoms with Crippen LogP contribution >= 0.6 is 0 Å². The minimum absolute atomic E-state index is 0.0434. The first-order chi connectivity index (χ1) is 20.7. The molecule has 0 saturated carbocycles. The van der Waals surface area contributed by atoms with Crippen molar-refractivity contribution in [2.45, 2.75) is 40.5 Å². The molecule has 43 heavy (non-hydrogen) atoms. The second-order valence-corrected chi connectivity index (χ2v) is 9.91. The summed E-state index contributed by atoms with van der Waals surface area (Å²) < 4.78 is 0. The predicted molar refractivity (Wildman–Crippen MR) is 168 cm³/mol. The fourth-order valence-corrected chi connectivity index (χ4v) is 4.43. The molecule has 0 N–H and O–H groups in total. The van der Waals surface area contributed by atoms with Crippen LogP contribution in [0.15, 0.2) is 107 Å². The number of aryl methyl sites for hydroxylation is 1. The Bertz CT molecular complexity index is 1640. The zero-order chi connectivity index (χ0) is 30.8. The Morgan fingerprint density at radius 3 is 1.81 bits per heavy atom. The van der Waals surface area contributed by atoms with E-state index in [2.05, 4.69) is 20.0 Å². The summed E-state index contributed by atoms with van der Waals surface area (Å²) in [6, 6.07) is 30.4. The molecule has 0 atom stereocenters. The van der Waals surface area contributed by atoms with Gasteiger partial charge in [0.05, 0.1) is 11.9 Å². The molecule has 4 aromatic rings. The first kappa shape index (κ1) is 30.6. The van der Waals surface area contributed by atoms with E-state index < -0.39 is 11.9 Å². The number of nitrogens with zero attached hydrogens (tertiary/aromatic N) is 3. The summed E-state index contributed by atoms with van der Waals surface area (Å²) >= 11 is 0. The summed E-state index contributed by atoms with van der Waals surface area (Å²) in [7, 11) is 0. The maximum Gasteiger partial charge on any atom is 0.331 e. The molecule has 0 aliphatic rings. The lowest BCUT2D eigenvalue weighted by atomic mass is 10.0. The van der Waals surface area contributed by atoms with Gasteiger partial charge in [-0.3, -0.25) is 4.79 Å². The summed E-state index contributed by atoms with van der Waals surface area (Å²) in [5.41, 5.74) is 7.12. The highest BCUT2D eigenvalue weighted by Gasteiger charge is 2.16. The number of hydrogen-bond acceptors (Lipinski definition) is 8. The standard InChI is InChI=1S/C35H33N3O5/c1-5-7-34(37-43-26(4)40)28-12-18-32(19-13-28)38(31-16-10-27(11-17-31)23-36-42-25(3)39)33-20-14-29(15-21-33)35(41)30-9-6-8-24(2)22-30/h6,8-23H,5,7H2,1-4H3. The fourth-order valence-electron chi connectivity index (χ4n) is 4.43. The van der Waals surface area contributed by atoms with Gasteiger partial charge in [0.2, 0.25) is 0 Å². The third-order valence-electron chi connectivity index (χ3n) is 6.43. The molecule has 0 bridgehead atoms. The summed E-state index contributed by atoms with van der Waals surface area (Å²) in [5.74, 6) is -1.01. The molecule has 0 unspecified atom stereocenters. The second kappa shape index (κ2) is 14.5. The van der Waals surface area contributed by atoms with Crippen molar-refractivity contribution in [1.82, 2.24) is 0 Å². The van der Waals surface area contributed by atoms with Crippen LogP contribution in [-0.4, -0.2) is 29.6 Å². The maximum absolute atomic E-state index is 13.1. The van der Waals surface area contributed by atoms with Crippen LogP contribution in [-0.2, 0) is 19.3 Å². The summed E-state index contributed by atoms with van der Waals surface area (Å²) in [6.07, 6.45) is 2.96. The van der Waals surface area contributed by atoms with Crippen molar-refractivity contribution < 1.29 is 24.1 Å². The number of oxime groups is 2. The minimum atomic E-state index is -0.494. The van der Waals surface area contributed by atoms with E-state index in [1.165, 1.54) is 20.1 Å². The van der Waals surface area contributed by atoms with Crippen molar-refractivity contribution in [2.75, 3.05) is 4.90 Å². The van der Waals surface area contributed by atoms with Crippen LogP contribution in [0.5, 0.6) is 0 Å². The van der Waals surface area contributed by atoms with E-state index in [0.717, 1.165) is 40.2 Å². The Morgan fingerprint density at radius 2 is 1.28 bits per heavy atom. The number of carbonyl (C=O) groups excluding carboxylic acids is 3. The molecule has 0 amide bonds. The third-order valence-corrected chi connectivity index (χ3v) is 6.43. The van der Waals surface area contributed by atoms with E-state index in [9.17, 15) is 14.4 Å². The molecule has 0 saturated heterocycles. The molecule has 0 spiro atoms. The van der Waals surface area contributed by atoms with Gasteiger partial charge in [0.25, 0.3) is 0 Å². The average Bonchev–Trinajstić information content (AvgIpc) is 3.00. The van der Waals surface area contributed by atoms with Crippen LogP contribution in [0.1, 0.15) is 66.2 Å². The molecular weight excluding hydrogens is 542 g/mol. The molecule has 0 aliphatic heterocycles. The number of rotatable bonds is 11. The van der Waals surface area contributed by atoms with Crippen LogP contribution < -0.4 is 4.90 Å². The highest BCUT2D eigenvalue weighted by molar-refractivity contribution is 6.09. The molecule has 0 heterocycles. The van der Waals surface area contributed by atoms with Gasteiger partial charge >= 0.3 is 11.9 Å². The van der Waals surface area contributed by atoms with Crippen molar-refractivity contribution in [2.24, 2.45) is 10.3 Å². The van der Waals surface area contributed by atoms with E-state index in [1.807, 2.05) is 111 Å². The SMILES string of the molecule is CCCC(=NOC(C)=O)c1ccc(N(c2ccc(C=NOC(C)=O)cc2)c2ccc(C(=O)c3cccc(C)c3)cc2)cc1. The topological polar surface area (TPSA) is 97.6 Å². The number of ketones is 1. The van der Waals surface area contributed by atoms with Crippen molar-refractivity contribution >= 4 is 46.7 Å². The van der Waals surface area contributed by atoms with Gasteiger partial charge in [-0.05, 0) is 79.1 Å². The number of hydrogen-bond donors (Lipinski definition) is 0. The lowest BCUT2D eigenvalue weighted by molar-refractivity contribution is -0.141. The first-order valence-electron chi connectivity index (χ1n) is 13.9. The smallest absolute Gasteiger partial charge is 0.319 e. The lowest BCUT2D eigenvalue weighted by Crippen LogP contribution is -2.11. The van der Waals surface area contributed by atoms with Gasteiger partial charge in [0.1, 0.15) is 0 Å². The Hall–Kier alpha value is -5.37. The van der Waals surface area contributed by atoms with Crippen LogP contribution in [0.25, 0.3) is 0 Å². The molecule has 0 fully saturated rings. The van der Waals surface area contributed by atoms with Crippen molar-refractivity contribution in [1.29, 1.82) is 0 Å². The van der Waals surface area contributed by atoms with Gasteiger partial charge in [-0.15, -0.1) is 0 Å². The molecule has 0 aromatic heterocycles. The van der Waals surface area contributed by atoms with Gasteiger partial charge < -0.3 is 14.6 Å². The highest BCUT2D eigenvalue weighted by atomic mass is 16.7. The van der Waals surface area contributed by atoms with E-state index >= 15 is 0 Å². The van der Waals surface area contributed by atoms with Crippen LogP contribution in [0.3, 0.4) is 0 Å². The van der Waals surface area contributed by atoms with Gasteiger partial charge in [-0.2, -0.15) is 0 Å². The second-order valence-electron chi connectivity index (χ2n) is 9.91. The zero-order valence-corrected chi connectivity index (χ0v) is 24.6. The maximum atomic E-state index is 13.1. The van der Waals surface area contributed by atoms with E-state index in [-0.39, 0.29) is 5.78 Å². The van der Waals surface area contributed by atoms with Crippen molar-refractivity contribution in [3.8, 4) is 0 Å². The Labute approximate surface area is 251 Å². The fraction of sp³-hybridized carbons (Fsp3) is 0.171. The molecular formula is C35H33N3O5. The van der Waals surface area contributed by atoms with Gasteiger partial charge in [-0.25, -0.2) is 9.59 Å². The number of benzene rings is 4. The van der Waals surface area contributed by atoms with Gasteiger partial charge in [0.15, 0.2) is 5.78 Å². The Balaban J connectivity index is 1.70. The Kier molecular flexibility index (Phi) is 10.3. The van der Waals surface area contributed by atoms with Crippen LogP contribution in [0.4, 0.5) is 17.1 Å². The minimum Gasteiger partial charge on any atom is -0.319 e. The quantitative estimate of drug-likeness (QED) is 0.0788. The Morgan fingerprint density at radius 1 is 0.721 bits per heavy atom. The summed E-state index contributed by atoms with van der Waals surface area (Å²) in [4.78, 5) is 47.1. The molecule has 4 rings (SSSR count). The average molecular weight is 576 g/mol. The summed E-state index contributed by atoms with van der Waals surface area (Å²) in [5, 5.41) is 7.75. The molecule has 4 aromatic carbocycles. The number of anilines is 3. The van der Waals surface area contributed by atoms with Gasteiger partial charge in [0, 0.05) is 42.0 Å². The lowest BCUT2D eigenvalue weighted by Gasteiger charge is -2.26. The van der Waals surface area contributed by atoms with Gasteiger partial charge in [-0.1, -0.05) is 71.7 Å². The largest absolute Gasteiger partial charge is 0.331 e. The van der Waals surface area contributed by atoms with Crippen LogP contribution in [0, 0.1) is 6.92 Å². The zero-order valence-electron chi connectivity index (χ0n) is 24.6. The number of carbonyl (C=O) groups is 3. The third kappa shape index (κ3) is 8.33. The molecule has 0 aliphatic carbocycles. The van der Waals surface area contributed by atoms with Crippen molar-refractivity contribution in [3.05, 3.63) is 125 Å². The molecule has 8 nitrogen and oxygen atoms in total. The molecule has 218 valence electrons. The predicted octanol–water partition coefficient (Wildman–Crippen LogP) is 7.66. The highest BCUT2D eigenvalue weighted by Crippen LogP contribution is 2.35. The van der Waals surface area contributed by atoms with E-state index in [0.29, 0.717) is 23.3 Å². The van der Waals surface area contributed by atoms with E-state index in [4.69, 9.17) is 4.84 Å². The van der Waals surface area contributed by atoms with Crippen LogP contribution in [0.2, 0.25) is 0 Å². The first-order valence-corrected chi connectivity index (χ1v) is 13.9. The molecule has 8 heteroatoms. The summed E-state index contributed by atoms with van der Waals surface area (Å²) in [6.45, 7) is 6.61.